The molecular formula is C22H19F3N4. The molecule has 2 aromatic heterocycles. The fraction of sp³-hybridized carbons (Fsp3) is 0.136. The highest BCUT2D eigenvalue weighted by molar-refractivity contribution is 5.68. The molecule has 148 valence electrons. The number of nitrogen functional groups attached to an aromatic ring is 1. The third-order valence-corrected chi connectivity index (χ3v) is 4.88. The average molecular weight is 396 g/mol. The number of nitrogens with two attached hydrogens (primary N) is 1. The lowest BCUT2D eigenvalue weighted by atomic mass is 10.1. The largest absolute Gasteiger partial charge is 0.416 e. The molecule has 4 aromatic rings. The van der Waals surface area contributed by atoms with Gasteiger partial charge in [0.1, 0.15) is 5.82 Å². The maximum atomic E-state index is 13.1. The number of para-hydroxylation sites is 1. The Hall–Kier alpha value is -3.48. The molecule has 2 heterocycles. The van der Waals surface area contributed by atoms with Crippen LogP contribution in [0, 0.1) is 13.8 Å². The lowest BCUT2D eigenvalue weighted by Crippen LogP contribution is -2.07. The van der Waals surface area contributed by atoms with Gasteiger partial charge in [0.2, 0.25) is 0 Å². The van der Waals surface area contributed by atoms with E-state index in [1.54, 1.807) is 21.4 Å². The van der Waals surface area contributed by atoms with Gasteiger partial charge >= 0.3 is 6.18 Å². The van der Waals surface area contributed by atoms with Crippen LogP contribution in [0.1, 0.15) is 17.0 Å². The van der Waals surface area contributed by atoms with Gasteiger partial charge < -0.3 is 10.3 Å². The van der Waals surface area contributed by atoms with Gasteiger partial charge in [0.15, 0.2) is 0 Å². The topological polar surface area (TPSA) is 48.8 Å². The van der Waals surface area contributed by atoms with Crippen LogP contribution in [0.3, 0.4) is 0 Å². The minimum Gasteiger partial charge on any atom is -0.384 e. The number of anilines is 1. The summed E-state index contributed by atoms with van der Waals surface area (Å²) in [5.74, 6) is 0.482. The zero-order chi connectivity index (χ0) is 20.8. The summed E-state index contributed by atoms with van der Waals surface area (Å²) in [6, 6.07) is 18.5. The number of aromatic nitrogens is 3. The van der Waals surface area contributed by atoms with Crippen molar-refractivity contribution in [1.82, 2.24) is 14.3 Å². The van der Waals surface area contributed by atoms with E-state index in [4.69, 9.17) is 5.73 Å². The smallest absolute Gasteiger partial charge is 0.384 e. The predicted molar refractivity (Wildman–Crippen MR) is 107 cm³/mol. The van der Waals surface area contributed by atoms with Gasteiger partial charge in [-0.25, -0.2) is 4.68 Å². The Bertz CT molecular complexity index is 1170. The normalized spacial score (nSPS) is 11.8. The van der Waals surface area contributed by atoms with Crippen molar-refractivity contribution in [2.75, 3.05) is 5.73 Å². The zero-order valence-electron chi connectivity index (χ0n) is 15.9. The fourth-order valence-electron chi connectivity index (χ4n) is 3.54. The molecule has 2 N–H and O–H groups in total. The summed E-state index contributed by atoms with van der Waals surface area (Å²) in [7, 11) is 0. The molecule has 0 saturated heterocycles. The van der Waals surface area contributed by atoms with Crippen LogP contribution in [0.25, 0.3) is 22.6 Å². The highest BCUT2D eigenvalue weighted by Crippen LogP contribution is 2.33. The van der Waals surface area contributed by atoms with Gasteiger partial charge in [0.05, 0.1) is 16.9 Å². The number of benzene rings is 2. The summed E-state index contributed by atoms with van der Waals surface area (Å²) in [5.41, 5.74) is 9.85. The van der Waals surface area contributed by atoms with Crippen LogP contribution in [0.5, 0.6) is 0 Å². The zero-order valence-corrected chi connectivity index (χ0v) is 15.9. The summed E-state index contributed by atoms with van der Waals surface area (Å²) in [6.45, 7) is 3.72. The molecule has 0 aliphatic rings. The van der Waals surface area contributed by atoms with E-state index < -0.39 is 11.7 Å². The Morgan fingerprint density at radius 1 is 0.862 bits per heavy atom. The molecule has 0 saturated carbocycles. The van der Waals surface area contributed by atoms with E-state index in [-0.39, 0.29) is 0 Å². The van der Waals surface area contributed by atoms with Crippen LogP contribution >= 0.6 is 0 Å². The van der Waals surface area contributed by atoms with Crippen molar-refractivity contribution in [2.45, 2.75) is 20.0 Å². The van der Waals surface area contributed by atoms with E-state index >= 15 is 0 Å². The molecule has 0 atom stereocenters. The highest BCUT2D eigenvalue weighted by Gasteiger charge is 2.30. The van der Waals surface area contributed by atoms with Crippen LogP contribution in [0.4, 0.5) is 19.0 Å². The fourth-order valence-corrected chi connectivity index (χ4v) is 3.54. The van der Waals surface area contributed by atoms with Gasteiger partial charge in [0, 0.05) is 28.7 Å². The van der Waals surface area contributed by atoms with Crippen LogP contribution in [0.2, 0.25) is 0 Å². The summed E-state index contributed by atoms with van der Waals surface area (Å²) in [6.07, 6.45) is -4.39. The van der Waals surface area contributed by atoms with E-state index in [0.717, 1.165) is 34.8 Å². The lowest BCUT2D eigenvalue weighted by Gasteiger charge is -2.13. The third kappa shape index (κ3) is 3.40. The van der Waals surface area contributed by atoms with Crippen molar-refractivity contribution in [1.29, 1.82) is 0 Å². The molecule has 0 aliphatic heterocycles. The highest BCUT2D eigenvalue weighted by atomic mass is 19.4. The molecule has 0 aliphatic carbocycles. The first-order valence-electron chi connectivity index (χ1n) is 9.03. The number of aryl methyl sites for hydroxylation is 1. The minimum atomic E-state index is -4.39. The van der Waals surface area contributed by atoms with Gasteiger partial charge in [-0.3, -0.25) is 0 Å². The van der Waals surface area contributed by atoms with Crippen LogP contribution in [0.15, 0.2) is 66.7 Å². The standard InChI is InChI=1S/C22H19F3N4/c1-14-11-19(20-13-21(26)29(27-20)17-8-4-3-5-9-17)15(2)28(14)18-10-6-7-16(12-18)22(23,24)25/h3-13H,26H2,1-2H3. The van der Waals surface area contributed by atoms with E-state index in [9.17, 15) is 13.2 Å². The SMILES string of the molecule is Cc1cc(-c2cc(N)n(-c3ccccc3)n2)c(C)n1-c1cccc(C(F)(F)F)c1. The molecule has 0 spiro atoms. The second-order valence-electron chi connectivity index (χ2n) is 6.87. The molecule has 7 heteroatoms. The average Bonchev–Trinajstić information content (AvgIpc) is 3.21. The molecular weight excluding hydrogens is 377 g/mol. The second-order valence-corrected chi connectivity index (χ2v) is 6.87. The van der Waals surface area contributed by atoms with E-state index in [1.165, 1.54) is 6.07 Å². The quantitative estimate of drug-likeness (QED) is 0.494. The third-order valence-electron chi connectivity index (χ3n) is 4.88. The lowest BCUT2D eigenvalue weighted by molar-refractivity contribution is -0.137. The molecule has 2 aromatic carbocycles. The Morgan fingerprint density at radius 3 is 2.24 bits per heavy atom. The summed E-state index contributed by atoms with van der Waals surface area (Å²) in [5, 5.41) is 4.61. The Balaban J connectivity index is 1.80. The van der Waals surface area contributed by atoms with Gasteiger partial charge in [-0.1, -0.05) is 24.3 Å². The number of hydrogen-bond donors (Lipinski definition) is 1. The van der Waals surface area contributed by atoms with Crippen molar-refractivity contribution in [3.8, 4) is 22.6 Å². The van der Waals surface area contributed by atoms with Gasteiger partial charge in [-0.2, -0.15) is 18.3 Å². The second kappa shape index (κ2) is 6.84. The Kier molecular flexibility index (Phi) is 4.45. The summed E-state index contributed by atoms with van der Waals surface area (Å²) in [4.78, 5) is 0. The number of hydrogen-bond acceptors (Lipinski definition) is 2. The molecule has 4 rings (SSSR count). The number of nitrogens with zero attached hydrogens (tertiary/aromatic N) is 3. The van der Waals surface area contributed by atoms with Gasteiger partial charge in [-0.05, 0) is 50.2 Å². The van der Waals surface area contributed by atoms with Crippen molar-refractivity contribution >= 4 is 5.82 Å². The molecule has 4 nitrogen and oxygen atoms in total. The van der Waals surface area contributed by atoms with Crippen molar-refractivity contribution in [3.63, 3.8) is 0 Å². The predicted octanol–water partition coefficient (Wildman–Crippen LogP) is 5.55. The van der Waals surface area contributed by atoms with Crippen LogP contribution < -0.4 is 5.73 Å². The molecule has 0 radical (unpaired) electrons. The Labute approximate surface area is 166 Å². The molecule has 0 unspecified atom stereocenters. The van der Waals surface area contributed by atoms with E-state index in [2.05, 4.69) is 5.10 Å². The van der Waals surface area contributed by atoms with Gasteiger partial charge in [0.25, 0.3) is 0 Å². The monoisotopic (exact) mass is 396 g/mol. The van der Waals surface area contributed by atoms with E-state index in [0.29, 0.717) is 17.2 Å². The van der Waals surface area contributed by atoms with Gasteiger partial charge in [-0.15, -0.1) is 0 Å². The van der Waals surface area contributed by atoms with E-state index in [1.807, 2.05) is 50.2 Å². The van der Waals surface area contributed by atoms with Crippen molar-refractivity contribution in [2.24, 2.45) is 0 Å². The number of halogens is 3. The minimum absolute atomic E-state index is 0.455. The molecule has 0 amide bonds. The van der Waals surface area contributed by atoms with Crippen molar-refractivity contribution < 1.29 is 13.2 Å². The van der Waals surface area contributed by atoms with Crippen LogP contribution in [-0.4, -0.2) is 14.3 Å². The first kappa shape index (κ1) is 18.9. The maximum absolute atomic E-state index is 13.1. The number of alkyl halides is 3. The first-order chi connectivity index (χ1) is 13.8. The molecule has 29 heavy (non-hydrogen) atoms. The summed E-state index contributed by atoms with van der Waals surface area (Å²) >= 11 is 0. The first-order valence-corrected chi connectivity index (χ1v) is 9.03. The van der Waals surface area contributed by atoms with Crippen LogP contribution in [-0.2, 0) is 6.18 Å². The molecule has 0 bridgehead atoms. The van der Waals surface area contributed by atoms with Crippen molar-refractivity contribution in [3.05, 3.63) is 83.7 Å². The number of rotatable bonds is 3. The summed E-state index contributed by atoms with van der Waals surface area (Å²) < 4.78 is 42.8. The molecule has 0 fully saturated rings. The maximum Gasteiger partial charge on any atom is 0.416 e. The Morgan fingerprint density at radius 2 is 1.55 bits per heavy atom.